The van der Waals surface area contributed by atoms with Crippen molar-refractivity contribution in [3.63, 3.8) is 0 Å². The number of rotatable bonds is 4. The number of nitrogens with one attached hydrogen (secondary N) is 2. The van der Waals surface area contributed by atoms with Crippen molar-refractivity contribution in [3.05, 3.63) is 64.6 Å². The number of likely N-dealkylation sites (tertiary alicyclic amines) is 1. The van der Waals surface area contributed by atoms with Crippen molar-refractivity contribution in [2.24, 2.45) is 0 Å². The molecule has 1 atom stereocenters. The summed E-state index contributed by atoms with van der Waals surface area (Å²) in [6, 6.07) is 15.8. The molecule has 2 aromatic carbocycles. The molecule has 1 aliphatic rings. The Kier molecular flexibility index (Phi) is 5.75. The lowest BCUT2D eigenvalue weighted by atomic mass is 9.87. The highest BCUT2D eigenvalue weighted by molar-refractivity contribution is 5.94. The monoisotopic (exact) mass is 420 g/mol. The number of nitrogens with zero attached hydrogens (tertiary/aromatic N) is 2. The normalized spacial score (nSPS) is 17.0. The quantitative estimate of drug-likeness (QED) is 0.661. The van der Waals surface area contributed by atoms with Crippen LogP contribution in [0, 0.1) is 0 Å². The van der Waals surface area contributed by atoms with Crippen molar-refractivity contribution in [1.29, 1.82) is 0 Å². The Morgan fingerprint density at radius 3 is 2.35 bits per heavy atom. The lowest BCUT2D eigenvalue weighted by molar-refractivity contribution is -0.121. The van der Waals surface area contributed by atoms with Gasteiger partial charge in [0.05, 0.1) is 17.1 Å². The zero-order chi connectivity index (χ0) is 22.2. The molecule has 3 aromatic rings. The van der Waals surface area contributed by atoms with Crippen LogP contribution >= 0.6 is 0 Å². The van der Waals surface area contributed by atoms with E-state index in [1.54, 1.807) is 0 Å². The Morgan fingerprint density at radius 1 is 1.06 bits per heavy atom. The van der Waals surface area contributed by atoms with E-state index in [1.807, 2.05) is 47.9 Å². The van der Waals surface area contributed by atoms with Crippen LogP contribution in [-0.2, 0) is 10.2 Å². The first-order valence-corrected chi connectivity index (χ1v) is 11.1. The maximum absolute atomic E-state index is 12.8. The smallest absolute Gasteiger partial charge is 0.325 e. The Morgan fingerprint density at radius 2 is 1.71 bits per heavy atom. The molecular weight excluding hydrogens is 388 g/mol. The van der Waals surface area contributed by atoms with E-state index in [1.165, 1.54) is 5.56 Å². The number of anilines is 1. The number of hydrogen-bond acceptors (Lipinski definition) is 3. The summed E-state index contributed by atoms with van der Waals surface area (Å²) in [4.78, 5) is 30.5. The fourth-order valence-corrected chi connectivity index (χ4v) is 4.43. The van der Waals surface area contributed by atoms with Crippen molar-refractivity contribution in [2.45, 2.75) is 58.0 Å². The van der Waals surface area contributed by atoms with Crippen LogP contribution in [0.25, 0.3) is 11.0 Å². The van der Waals surface area contributed by atoms with Gasteiger partial charge in [0, 0.05) is 24.8 Å². The Bertz CT molecular complexity index is 1110. The van der Waals surface area contributed by atoms with Gasteiger partial charge in [-0.2, -0.15) is 0 Å². The molecule has 0 spiro atoms. The second kappa shape index (κ2) is 8.35. The summed E-state index contributed by atoms with van der Waals surface area (Å²) in [6.07, 6.45) is 1.69. The van der Waals surface area contributed by atoms with Gasteiger partial charge in [-0.15, -0.1) is 0 Å². The third kappa shape index (κ3) is 4.44. The summed E-state index contributed by atoms with van der Waals surface area (Å²) in [7, 11) is 0. The van der Waals surface area contributed by atoms with Crippen molar-refractivity contribution < 1.29 is 4.79 Å². The molecule has 0 aliphatic carbocycles. The molecule has 0 bridgehead atoms. The van der Waals surface area contributed by atoms with E-state index < -0.39 is 0 Å². The number of benzene rings is 2. The summed E-state index contributed by atoms with van der Waals surface area (Å²) < 4.78 is 1.88. The first-order chi connectivity index (χ1) is 14.7. The molecule has 1 saturated heterocycles. The minimum atomic E-state index is -0.220. The van der Waals surface area contributed by atoms with Gasteiger partial charge in [-0.3, -0.25) is 14.3 Å². The molecule has 6 heteroatoms. The van der Waals surface area contributed by atoms with Crippen LogP contribution in [0.5, 0.6) is 0 Å². The van der Waals surface area contributed by atoms with E-state index in [0.717, 1.165) is 42.7 Å². The summed E-state index contributed by atoms with van der Waals surface area (Å²) >= 11 is 0. The first-order valence-electron chi connectivity index (χ1n) is 11.1. The Labute approximate surface area is 183 Å². The van der Waals surface area contributed by atoms with E-state index in [4.69, 9.17) is 0 Å². The van der Waals surface area contributed by atoms with Crippen LogP contribution in [0.2, 0.25) is 0 Å². The zero-order valence-electron chi connectivity index (χ0n) is 18.8. The van der Waals surface area contributed by atoms with Gasteiger partial charge >= 0.3 is 5.69 Å². The number of aromatic amines is 1. The number of piperidine rings is 1. The molecule has 1 fully saturated rings. The van der Waals surface area contributed by atoms with Gasteiger partial charge < -0.3 is 10.3 Å². The number of carbonyl (C=O) groups excluding carboxylic acids is 1. The number of H-pyrrole nitrogens is 1. The van der Waals surface area contributed by atoms with Crippen LogP contribution in [0.3, 0.4) is 0 Å². The van der Waals surface area contributed by atoms with Gasteiger partial charge in [-0.1, -0.05) is 45.0 Å². The molecule has 0 unspecified atom stereocenters. The zero-order valence-corrected chi connectivity index (χ0v) is 18.8. The average Bonchev–Trinajstić information content (AvgIpc) is 3.08. The van der Waals surface area contributed by atoms with Crippen LogP contribution in [0.1, 0.15) is 52.1 Å². The third-order valence-corrected chi connectivity index (χ3v) is 6.43. The highest BCUT2D eigenvalue weighted by Gasteiger charge is 2.28. The van der Waals surface area contributed by atoms with Gasteiger partial charge in [0.15, 0.2) is 0 Å². The molecule has 31 heavy (non-hydrogen) atoms. The highest BCUT2D eigenvalue weighted by Crippen LogP contribution is 2.27. The number of imidazole rings is 1. The van der Waals surface area contributed by atoms with Crippen molar-refractivity contribution in [2.75, 3.05) is 18.4 Å². The standard InChI is InChI=1S/C25H32N4O2/c1-17(23(30)26-19-11-9-18(10-12-19)25(2,3)4)28-15-13-20(14-16-28)29-22-8-6-5-7-21(22)27-24(29)31/h5-12,17,20H,13-16H2,1-4H3,(H,26,30)(H,27,31)/t17-/m1/s1. The lowest BCUT2D eigenvalue weighted by Crippen LogP contribution is -2.46. The second-order valence-corrected chi connectivity index (χ2v) is 9.58. The fourth-order valence-electron chi connectivity index (χ4n) is 4.43. The number of amides is 1. The van der Waals surface area contributed by atoms with Crippen LogP contribution in [0.15, 0.2) is 53.3 Å². The van der Waals surface area contributed by atoms with Gasteiger partial charge in [0.1, 0.15) is 0 Å². The lowest BCUT2D eigenvalue weighted by Gasteiger charge is -2.35. The summed E-state index contributed by atoms with van der Waals surface area (Å²) in [5, 5.41) is 3.05. The molecule has 1 aliphatic heterocycles. The van der Waals surface area contributed by atoms with Crippen LogP contribution in [0.4, 0.5) is 5.69 Å². The molecule has 6 nitrogen and oxygen atoms in total. The predicted molar refractivity (Wildman–Crippen MR) is 126 cm³/mol. The predicted octanol–water partition coefficient (Wildman–Crippen LogP) is 4.29. The Balaban J connectivity index is 1.37. The second-order valence-electron chi connectivity index (χ2n) is 9.58. The molecule has 1 aromatic heterocycles. The number of fused-ring (bicyclic) bond motifs is 1. The molecular formula is C25H32N4O2. The average molecular weight is 421 g/mol. The fraction of sp³-hybridized carbons (Fsp3) is 0.440. The van der Waals surface area contributed by atoms with E-state index >= 15 is 0 Å². The van der Waals surface area contributed by atoms with Gasteiger partial charge in [-0.05, 0) is 55.0 Å². The first kappa shape index (κ1) is 21.4. The van der Waals surface area contributed by atoms with Gasteiger partial charge in [-0.25, -0.2) is 4.79 Å². The molecule has 1 amide bonds. The molecule has 0 radical (unpaired) electrons. The number of para-hydroxylation sites is 2. The third-order valence-electron chi connectivity index (χ3n) is 6.43. The van der Waals surface area contributed by atoms with E-state index in [2.05, 4.69) is 48.1 Å². The van der Waals surface area contributed by atoms with Crippen molar-refractivity contribution >= 4 is 22.6 Å². The van der Waals surface area contributed by atoms with Gasteiger partial charge in [0.25, 0.3) is 0 Å². The minimum Gasteiger partial charge on any atom is -0.325 e. The van der Waals surface area contributed by atoms with E-state index in [0.29, 0.717) is 0 Å². The minimum absolute atomic E-state index is 0.00576. The Hall–Kier alpha value is -2.86. The molecule has 2 heterocycles. The molecule has 164 valence electrons. The largest absolute Gasteiger partial charge is 0.326 e. The maximum Gasteiger partial charge on any atom is 0.326 e. The number of aromatic nitrogens is 2. The highest BCUT2D eigenvalue weighted by atomic mass is 16.2. The number of hydrogen-bond donors (Lipinski definition) is 2. The number of carbonyl (C=O) groups is 1. The van der Waals surface area contributed by atoms with Gasteiger partial charge in [0.2, 0.25) is 5.91 Å². The SMILES string of the molecule is C[C@H](C(=O)Nc1ccc(C(C)(C)C)cc1)N1CCC(n2c(=O)[nH]c3ccccc32)CC1. The topological polar surface area (TPSA) is 70.1 Å². The van der Waals surface area contributed by atoms with Crippen molar-refractivity contribution in [3.8, 4) is 0 Å². The van der Waals surface area contributed by atoms with Crippen molar-refractivity contribution in [1.82, 2.24) is 14.5 Å². The van der Waals surface area contributed by atoms with Crippen LogP contribution < -0.4 is 11.0 Å². The summed E-state index contributed by atoms with van der Waals surface area (Å²) in [5.74, 6) is 0.00576. The summed E-state index contributed by atoms with van der Waals surface area (Å²) in [5.41, 5.74) is 3.94. The van der Waals surface area contributed by atoms with E-state index in [9.17, 15) is 9.59 Å². The molecule has 2 N–H and O–H groups in total. The van der Waals surface area contributed by atoms with E-state index in [-0.39, 0.29) is 29.1 Å². The van der Waals surface area contributed by atoms with Crippen LogP contribution in [-0.4, -0.2) is 39.5 Å². The molecule has 0 saturated carbocycles. The molecule has 4 rings (SSSR count). The summed E-state index contributed by atoms with van der Waals surface area (Å²) in [6.45, 7) is 10.1. The maximum atomic E-state index is 12.8.